The van der Waals surface area contributed by atoms with Gasteiger partial charge in [-0.15, -0.1) is 10.2 Å². The summed E-state index contributed by atoms with van der Waals surface area (Å²) in [6.07, 6.45) is 2.04. The first-order chi connectivity index (χ1) is 15.0. The fourth-order valence-corrected chi connectivity index (χ4v) is 3.69. The number of H-pyrrole nitrogens is 1. The third-order valence-corrected chi connectivity index (χ3v) is 5.67. The molecule has 7 heteroatoms. The average molecular weight is 420 g/mol. The number of aromatic nitrogens is 4. The number of nitrogens with one attached hydrogen (secondary N) is 2. The van der Waals surface area contributed by atoms with E-state index in [2.05, 4.69) is 50.2 Å². The summed E-state index contributed by atoms with van der Waals surface area (Å²) in [5, 5.41) is 17.1. The Bertz CT molecular complexity index is 997. The summed E-state index contributed by atoms with van der Waals surface area (Å²) >= 11 is 0. The Hall–Kier alpha value is -3.06. The van der Waals surface area contributed by atoms with Crippen LogP contribution >= 0.6 is 0 Å². The molecule has 0 saturated heterocycles. The van der Waals surface area contributed by atoms with Crippen molar-refractivity contribution >= 4 is 5.91 Å². The number of carbonyl (C=O) groups excluding carboxylic acids is 1. The number of rotatable bonds is 9. The van der Waals surface area contributed by atoms with Gasteiger partial charge in [-0.3, -0.25) is 4.79 Å². The lowest BCUT2D eigenvalue weighted by atomic mass is 10.0. The lowest BCUT2D eigenvalue weighted by molar-refractivity contribution is -0.137. The number of amides is 1. The standard InChI is InChI=1S/C24H29N5O2/c1-15(2)22(31-14-17-5-4-6-21(13-17)19-9-10-19)24(30)25-16(3)18-7-11-20(12-8-18)23-26-28-29-27-23/h4-8,11-13,15-16,19,22H,9-10,14H2,1-3H3,(H,25,30)(H,26,27,28,29)/t16-,22+/m0/s1. The Kier molecular flexibility index (Phi) is 6.42. The number of carbonyl (C=O) groups is 1. The predicted octanol–water partition coefficient (Wildman–Crippen LogP) is 4.16. The molecule has 0 aliphatic heterocycles. The molecule has 0 spiro atoms. The molecule has 0 radical (unpaired) electrons. The molecule has 1 fully saturated rings. The maximum absolute atomic E-state index is 13.0. The van der Waals surface area contributed by atoms with Crippen LogP contribution in [0.5, 0.6) is 0 Å². The lowest BCUT2D eigenvalue weighted by Crippen LogP contribution is -2.40. The third kappa shape index (κ3) is 5.35. The van der Waals surface area contributed by atoms with Crippen molar-refractivity contribution in [1.29, 1.82) is 0 Å². The van der Waals surface area contributed by atoms with Crippen LogP contribution in [-0.4, -0.2) is 32.6 Å². The highest BCUT2D eigenvalue weighted by Gasteiger charge is 2.26. The molecular formula is C24H29N5O2. The minimum absolute atomic E-state index is 0.0689. The molecule has 31 heavy (non-hydrogen) atoms. The average Bonchev–Trinajstić information content (AvgIpc) is 3.48. The van der Waals surface area contributed by atoms with Gasteiger partial charge >= 0.3 is 0 Å². The highest BCUT2D eigenvalue weighted by atomic mass is 16.5. The molecule has 162 valence electrons. The van der Waals surface area contributed by atoms with Crippen molar-refractivity contribution in [1.82, 2.24) is 25.9 Å². The monoisotopic (exact) mass is 419 g/mol. The van der Waals surface area contributed by atoms with Crippen LogP contribution in [0.15, 0.2) is 48.5 Å². The van der Waals surface area contributed by atoms with Gasteiger partial charge in [0.2, 0.25) is 11.7 Å². The maximum Gasteiger partial charge on any atom is 0.249 e. The first kappa shape index (κ1) is 21.2. The zero-order chi connectivity index (χ0) is 21.8. The van der Waals surface area contributed by atoms with Gasteiger partial charge in [-0.2, -0.15) is 5.21 Å². The molecule has 1 aliphatic rings. The molecule has 1 heterocycles. The topological polar surface area (TPSA) is 92.8 Å². The van der Waals surface area contributed by atoms with Crippen LogP contribution in [0.2, 0.25) is 0 Å². The summed E-state index contributed by atoms with van der Waals surface area (Å²) in [5.41, 5.74) is 4.37. The van der Waals surface area contributed by atoms with Crippen molar-refractivity contribution in [3.05, 3.63) is 65.2 Å². The van der Waals surface area contributed by atoms with Gasteiger partial charge in [0.15, 0.2) is 0 Å². The summed E-state index contributed by atoms with van der Waals surface area (Å²) in [7, 11) is 0. The fraction of sp³-hybridized carbons (Fsp3) is 0.417. The van der Waals surface area contributed by atoms with E-state index in [1.54, 1.807) is 0 Å². The zero-order valence-corrected chi connectivity index (χ0v) is 18.2. The number of aromatic amines is 1. The van der Waals surface area contributed by atoms with E-state index in [9.17, 15) is 4.79 Å². The lowest BCUT2D eigenvalue weighted by Gasteiger charge is -2.24. The van der Waals surface area contributed by atoms with Gasteiger partial charge in [0.05, 0.1) is 12.6 Å². The van der Waals surface area contributed by atoms with Crippen molar-refractivity contribution in [3.63, 3.8) is 0 Å². The van der Waals surface area contributed by atoms with Gasteiger partial charge in [-0.25, -0.2) is 0 Å². The number of hydrogen-bond donors (Lipinski definition) is 2. The smallest absolute Gasteiger partial charge is 0.249 e. The van der Waals surface area contributed by atoms with E-state index in [1.807, 2.05) is 45.0 Å². The van der Waals surface area contributed by atoms with Gasteiger partial charge in [-0.1, -0.05) is 62.4 Å². The minimum atomic E-state index is -0.509. The second-order valence-electron chi connectivity index (χ2n) is 8.58. The summed E-state index contributed by atoms with van der Waals surface area (Å²) < 4.78 is 6.07. The van der Waals surface area contributed by atoms with E-state index >= 15 is 0 Å². The molecule has 0 bridgehead atoms. The van der Waals surface area contributed by atoms with E-state index in [0.717, 1.165) is 16.7 Å². The van der Waals surface area contributed by atoms with Gasteiger partial charge in [0, 0.05) is 5.56 Å². The molecule has 4 rings (SSSR count). The molecule has 2 aromatic carbocycles. The van der Waals surface area contributed by atoms with E-state index in [1.165, 1.54) is 18.4 Å². The maximum atomic E-state index is 13.0. The molecule has 0 unspecified atom stereocenters. The molecule has 7 nitrogen and oxygen atoms in total. The largest absolute Gasteiger partial charge is 0.363 e. The molecule has 2 atom stereocenters. The molecular weight excluding hydrogens is 390 g/mol. The van der Waals surface area contributed by atoms with E-state index in [0.29, 0.717) is 18.3 Å². The van der Waals surface area contributed by atoms with Crippen LogP contribution in [0.1, 0.15) is 62.3 Å². The second-order valence-corrected chi connectivity index (χ2v) is 8.58. The van der Waals surface area contributed by atoms with Gasteiger partial charge in [-0.05, 0) is 53.5 Å². The fourth-order valence-electron chi connectivity index (χ4n) is 3.69. The third-order valence-electron chi connectivity index (χ3n) is 5.67. The first-order valence-corrected chi connectivity index (χ1v) is 10.9. The predicted molar refractivity (Wildman–Crippen MR) is 118 cm³/mol. The van der Waals surface area contributed by atoms with Gasteiger partial charge in [0.1, 0.15) is 6.10 Å². The molecule has 3 aromatic rings. The SMILES string of the molecule is CC(C)[C@@H](OCc1cccc(C2CC2)c1)C(=O)N[C@@H](C)c1ccc(-c2nn[nH]n2)cc1. The first-order valence-electron chi connectivity index (χ1n) is 10.9. The van der Waals surface area contributed by atoms with Crippen molar-refractivity contribution in [2.45, 2.75) is 58.3 Å². The van der Waals surface area contributed by atoms with Crippen LogP contribution < -0.4 is 5.32 Å². The van der Waals surface area contributed by atoms with Crippen LogP contribution in [-0.2, 0) is 16.1 Å². The van der Waals surface area contributed by atoms with Crippen LogP contribution in [0, 0.1) is 5.92 Å². The summed E-state index contributed by atoms with van der Waals surface area (Å²) in [6, 6.07) is 16.2. The van der Waals surface area contributed by atoms with E-state index in [-0.39, 0.29) is 17.9 Å². The zero-order valence-electron chi connectivity index (χ0n) is 18.2. The number of tetrazole rings is 1. The number of nitrogens with zero attached hydrogens (tertiary/aromatic N) is 3. The Morgan fingerprint density at radius 3 is 2.58 bits per heavy atom. The Morgan fingerprint density at radius 1 is 1.16 bits per heavy atom. The van der Waals surface area contributed by atoms with Crippen LogP contribution in [0.3, 0.4) is 0 Å². The van der Waals surface area contributed by atoms with Crippen molar-refractivity contribution in [3.8, 4) is 11.4 Å². The van der Waals surface area contributed by atoms with Crippen molar-refractivity contribution in [2.75, 3.05) is 0 Å². The number of hydrogen-bond acceptors (Lipinski definition) is 5. The molecule has 2 N–H and O–H groups in total. The normalized spacial score (nSPS) is 15.6. The second kappa shape index (κ2) is 9.39. The van der Waals surface area contributed by atoms with Crippen molar-refractivity contribution in [2.24, 2.45) is 5.92 Å². The number of ether oxygens (including phenoxy) is 1. The highest BCUT2D eigenvalue weighted by Crippen LogP contribution is 2.40. The molecule has 1 aliphatic carbocycles. The van der Waals surface area contributed by atoms with Gasteiger partial charge in [0.25, 0.3) is 0 Å². The summed E-state index contributed by atoms with van der Waals surface area (Å²) in [5.74, 6) is 1.22. The van der Waals surface area contributed by atoms with Crippen molar-refractivity contribution < 1.29 is 9.53 Å². The Balaban J connectivity index is 1.36. The minimum Gasteiger partial charge on any atom is -0.363 e. The highest BCUT2D eigenvalue weighted by molar-refractivity contribution is 5.81. The molecule has 1 saturated carbocycles. The summed E-state index contributed by atoms with van der Waals surface area (Å²) in [6.45, 7) is 6.42. The van der Waals surface area contributed by atoms with E-state index in [4.69, 9.17) is 4.74 Å². The quantitative estimate of drug-likeness (QED) is 0.543. The van der Waals surface area contributed by atoms with Crippen LogP contribution in [0.25, 0.3) is 11.4 Å². The molecule has 1 aromatic heterocycles. The van der Waals surface area contributed by atoms with Gasteiger partial charge < -0.3 is 10.1 Å². The Labute approximate surface area is 182 Å². The van der Waals surface area contributed by atoms with Crippen LogP contribution in [0.4, 0.5) is 0 Å². The summed E-state index contributed by atoms with van der Waals surface area (Å²) in [4.78, 5) is 13.0. The van der Waals surface area contributed by atoms with E-state index < -0.39 is 6.10 Å². The molecule has 1 amide bonds. The number of benzene rings is 2. The Morgan fingerprint density at radius 2 is 1.94 bits per heavy atom.